The Balaban J connectivity index is 1.78. The fourth-order valence-corrected chi connectivity index (χ4v) is 5.25. The quantitative estimate of drug-likeness (QED) is 0.302. The number of nitrogens with zero attached hydrogens (tertiary/aromatic N) is 1. The van der Waals surface area contributed by atoms with Gasteiger partial charge in [0.15, 0.2) is 0 Å². The van der Waals surface area contributed by atoms with Crippen molar-refractivity contribution in [2.75, 3.05) is 5.32 Å². The minimum absolute atomic E-state index is 0.149. The van der Waals surface area contributed by atoms with Crippen LogP contribution in [0.1, 0.15) is 68.0 Å². The van der Waals surface area contributed by atoms with Crippen molar-refractivity contribution >= 4 is 23.6 Å². The highest BCUT2D eigenvalue weighted by molar-refractivity contribution is 6.00. The topological polar surface area (TPSA) is 87.7 Å². The largest absolute Gasteiger partial charge is 0.444 e. The number of nitrogens with one attached hydrogen (secondary N) is 2. The monoisotopic (exact) mass is 569 g/mol. The summed E-state index contributed by atoms with van der Waals surface area (Å²) in [6.07, 6.45) is 0.359. The lowest BCUT2D eigenvalue weighted by molar-refractivity contribution is -0.141. The molecular weight excluding hydrogens is 526 g/mol. The van der Waals surface area contributed by atoms with Crippen molar-refractivity contribution in [3.63, 3.8) is 0 Å². The second-order valence-corrected chi connectivity index (χ2v) is 12.4. The molecule has 1 aliphatic rings. The van der Waals surface area contributed by atoms with Crippen LogP contribution in [0.15, 0.2) is 72.8 Å². The number of hydrogen-bond acceptors (Lipinski definition) is 4. The van der Waals surface area contributed by atoms with Crippen molar-refractivity contribution in [2.24, 2.45) is 5.92 Å². The first kappa shape index (κ1) is 30.8. The number of anilines is 1. The van der Waals surface area contributed by atoms with Crippen molar-refractivity contribution in [3.05, 3.63) is 101 Å². The highest BCUT2D eigenvalue weighted by atomic mass is 16.6. The molecule has 1 aliphatic carbocycles. The smallest absolute Gasteiger partial charge is 0.408 e. The maximum Gasteiger partial charge on any atom is 0.408 e. The molecule has 222 valence electrons. The van der Waals surface area contributed by atoms with Crippen molar-refractivity contribution in [2.45, 2.75) is 85.0 Å². The van der Waals surface area contributed by atoms with Crippen LogP contribution in [0.4, 0.5) is 10.5 Å². The summed E-state index contributed by atoms with van der Waals surface area (Å²) in [7, 11) is 0. The highest BCUT2D eigenvalue weighted by Gasteiger charge is 2.48. The first-order valence-corrected chi connectivity index (χ1v) is 14.6. The predicted molar refractivity (Wildman–Crippen MR) is 166 cm³/mol. The molecule has 3 aromatic carbocycles. The summed E-state index contributed by atoms with van der Waals surface area (Å²) >= 11 is 0. The number of rotatable bonds is 9. The molecule has 42 heavy (non-hydrogen) atoms. The third kappa shape index (κ3) is 7.58. The van der Waals surface area contributed by atoms with Gasteiger partial charge in [0.2, 0.25) is 5.91 Å². The van der Waals surface area contributed by atoms with Gasteiger partial charge in [-0.15, -0.1) is 0 Å². The molecule has 4 atom stereocenters. The van der Waals surface area contributed by atoms with Gasteiger partial charge in [0.1, 0.15) is 17.7 Å². The van der Waals surface area contributed by atoms with Crippen molar-refractivity contribution < 1.29 is 19.1 Å². The first-order chi connectivity index (χ1) is 19.9. The molecule has 3 aromatic rings. The zero-order valence-corrected chi connectivity index (χ0v) is 25.7. The van der Waals surface area contributed by atoms with Crippen molar-refractivity contribution in [1.29, 1.82) is 0 Å². The van der Waals surface area contributed by atoms with Gasteiger partial charge in [-0.1, -0.05) is 73.7 Å². The Kier molecular flexibility index (Phi) is 9.40. The Bertz CT molecular complexity index is 1430. The van der Waals surface area contributed by atoms with E-state index in [1.807, 2.05) is 93.6 Å². The second kappa shape index (κ2) is 12.8. The van der Waals surface area contributed by atoms with Gasteiger partial charge in [-0.2, -0.15) is 0 Å². The molecule has 0 spiro atoms. The average Bonchev–Trinajstić information content (AvgIpc) is 3.64. The van der Waals surface area contributed by atoms with Gasteiger partial charge in [-0.05, 0) is 87.8 Å². The zero-order chi connectivity index (χ0) is 30.6. The molecule has 4 rings (SSSR count). The first-order valence-electron chi connectivity index (χ1n) is 14.6. The SMILES string of the molecule is Cc1ccccc1NC(=O)C(c1cccc(C)c1C)N(C(=O)C(Cc1ccccc1)NC(=O)OC(C)(C)C)C1CC1C. The molecule has 0 saturated heterocycles. The van der Waals surface area contributed by atoms with E-state index in [-0.39, 0.29) is 30.2 Å². The van der Waals surface area contributed by atoms with E-state index in [1.54, 1.807) is 25.7 Å². The van der Waals surface area contributed by atoms with Gasteiger partial charge in [-0.3, -0.25) is 9.59 Å². The maximum absolute atomic E-state index is 14.7. The lowest BCUT2D eigenvalue weighted by Crippen LogP contribution is -2.54. The van der Waals surface area contributed by atoms with E-state index in [2.05, 4.69) is 17.6 Å². The number of aryl methyl sites for hydroxylation is 2. The number of carbonyl (C=O) groups is 3. The van der Waals surface area contributed by atoms with Gasteiger partial charge in [0.25, 0.3) is 5.91 Å². The summed E-state index contributed by atoms with van der Waals surface area (Å²) in [6, 6.07) is 21.0. The van der Waals surface area contributed by atoms with Gasteiger partial charge in [0.05, 0.1) is 0 Å². The van der Waals surface area contributed by atoms with E-state index in [4.69, 9.17) is 4.74 Å². The Labute approximate surface area is 249 Å². The number of ether oxygens (including phenoxy) is 1. The van der Waals surface area contributed by atoms with Crippen LogP contribution < -0.4 is 10.6 Å². The maximum atomic E-state index is 14.7. The van der Waals surface area contributed by atoms with Crippen LogP contribution in [0, 0.1) is 26.7 Å². The van der Waals surface area contributed by atoms with E-state index in [0.717, 1.165) is 34.2 Å². The lowest BCUT2D eigenvalue weighted by Gasteiger charge is -2.36. The van der Waals surface area contributed by atoms with Crippen LogP contribution in [-0.2, 0) is 20.7 Å². The Morgan fingerprint density at radius 2 is 1.52 bits per heavy atom. The van der Waals surface area contributed by atoms with Crippen LogP contribution in [0.25, 0.3) is 0 Å². The average molecular weight is 570 g/mol. The van der Waals surface area contributed by atoms with E-state index in [1.165, 1.54) is 0 Å². The van der Waals surface area contributed by atoms with Crippen LogP contribution >= 0.6 is 0 Å². The van der Waals surface area contributed by atoms with Crippen LogP contribution in [0.2, 0.25) is 0 Å². The van der Waals surface area contributed by atoms with Gasteiger partial charge >= 0.3 is 6.09 Å². The zero-order valence-electron chi connectivity index (χ0n) is 25.7. The van der Waals surface area contributed by atoms with Crippen LogP contribution in [0.5, 0.6) is 0 Å². The van der Waals surface area contributed by atoms with Crippen molar-refractivity contribution in [1.82, 2.24) is 10.2 Å². The molecule has 2 N–H and O–H groups in total. The number of alkyl carbamates (subject to hydrolysis) is 1. The molecule has 7 nitrogen and oxygen atoms in total. The molecule has 7 heteroatoms. The Hall–Kier alpha value is -4.13. The number of para-hydroxylation sites is 1. The fraction of sp³-hybridized carbons (Fsp3) is 0.400. The van der Waals surface area contributed by atoms with E-state index < -0.39 is 23.8 Å². The number of benzene rings is 3. The summed E-state index contributed by atoms with van der Waals surface area (Å²) in [4.78, 5) is 43.7. The third-order valence-electron chi connectivity index (χ3n) is 7.82. The Morgan fingerprint density at radius 3 is 2.14 bits per heavy atom. The van der Waals surface area contributed by atoms with Crippen LogP contribution in [-0.4, -0.2) is 40.5 Å². The molecule has 0 aromatic heterocycles. The second-order valence-electron chi connectivity index (χ2n) is 12.4. The number of amides is 3. The summed E-state index contributed by atoms with van der Waals surface area (Å²) in [5.74, 6) is -0.391. The molecule has 1 saturated carbocycles. The summed E-state index contributed by atoms with van der Waals surface area (Å²) < 4.78 is 5.55. The predicted octanol–water partition coefficient (Wildman–Crippen LogP) is 6.66. The normalized spacial score (nSPS) is 17.5. The molecule has 0 aliphatic heterocycles. The summed E-state index contributed by atoms with van der Waals surface area (Å²) in [5, 5.41) is 5.95. The van der Waals surface area contributed by atoms with Gasteiger partial charge in [-0.25, -0.2) is 4.79 Å². The molecule has 4 unspecified atom stereocenters. The highest BCUT2D eigenvalue weighted by Crippen LogP contribution is 2.42. The molecule has 0 bridgehead atoms. The minimum atomic E-state index is -0.936. The standard InChI is InChI=1S/C35H43N3O4/c1-22-15-13-18-27(25(22)4)31(32(39)36-28-19-12-11-14-23(28)2)38(30-20-24(30)3)33(40)29(21-26-16-9-8-10-17-26)37-34(41)42-35(5,6)7/h8-19,24,29-31H,20-21H2,1-7H3,(H,36,39)(H,37,41). The fourth-order valence-electron chi connectivity index (χ4n) is 5.25. The summed E-state index contributed by atoms with van der Waals surface area (Å²) in [5.41, 5.74) is 4.54. The minimum Gasteiger partial charge on any atom is -0.444 e. The van der Waals surface area contributed by atoms with Crippen LogP contribution in [0.3, 0.4) is 0 Å². The molecule has 1 fully saturated rings. The van der Waals surface area contributed by atoms with E-state index >= 15 is 0 Å². The van der Waals surface area contributed by atoms with E-state index in [9.17, 15) is 14.4 Å². The van der Waals surface area contributed by atoms with Gasteiger partial charge < -0.3 is 20.3 Å². The van der Waals surface area contributed by atoms with Gasteiger partial charge in [0, 0.05) is 18.2 Å². The number of carbonyl (C=O) groups excluding carboxylic acids is 3. The summed E-state index contributed by atoms with van der Waals surface area (Å²) in [6.45, 7) is 13.4. The molecule has 0 heterocycles. The third-order valence-corrected chi connectivity index (χ3v) is 7.82. The molecular formula is C35H43N3O4. The number of hydrogen-bond donors (Lipinski definition) is 2. The lowest BCUT2D eigenvalue weighted by atomic mass is 9.94. The Morgan fingerprint density at radius 1 is 0.905 bits per heavy atom. The van der Waals surface area contributed by atoms with Crippen molar-refractivity contribution in [3.8, 4) is 0 Å². The molecule has 3 amide bonds. The molecule has 0 radical (unpaired) electrons. The van der Waals surface area contributed by atoms with E-state index in [0.29, 0.717) is 5.69 Å².